The Kier molecular flexibility index (Phi) is 7.45. The second-order valence-electron chi connectivity index (χ2n) is 6.39. The van der Waals surface area contributed by atoms with E-state index < -0.39 is 0 Å². The average Bonchev–Trinajstić information content (AvgIpc) is 2.68. The molecule has 28 heavy (non-hydrogen) atoms. The molecule has 3 aromatic carbocycles. The van der Waals surface area contributed by atoms with Gasteiger partial charge in [0.1, 0.15) is 6.61 Å². The summed E-state index contributed by atoms with van der Waals surface area (Å²) in [5.74, 6) is 1.50. The summed E-state index contributed by atoms with van der Waals surface area (Å²) in [6.07, 6.45) is 0. The molecule has 0 saturated heterocycles. The van der Waals surface area contributed by atoms with Gasteiger partial charge in [-0.1, -0.05) is 48.0 Å². The zero-order valence-electron chi connectivity index (χ0n) is 16.0. The van der Waals surface area contributed by atoms with Crippen LogP contribution in [0.15, 0.2) is 60.7 Å². The first-order valence-electron chi connectivity index (χ1n) is 9.19. The smallest absolute Gasteiger partial charge is 0.174 e. The van der Waals surface area contributed by atoms with Crippen molar-refractivity contribution in [3.8, 4) is 11.5 Å². The lowest BCUT2D eigenvalue weighted by Gasteiger charge is -2.17. The van der Waals surface area contributed by atoms with Gasteiger partial charge in [-0.2, -0.15) is 0 Å². The van der Waals surface area contributed by atoms with Crippen LogP contribution < -0.4 is 14.8 Å². The summed E-state index contributed by atoms with van der Waals surface area (Å²) >= 11 is 8.55. The number of hydrogen-bond donors (Lipinski definition) is 1. The van der Waals surface area contributed by atoms with Gasteiger partial charge in [0.15, 0.2) is 11.5 Å². The van der Waals surface area contributed by atoms with Crippen LogP contribution in [0, 0.1) is 10.5 Å². The number of hydrogen-bond acceptors (Lipinski definition) is 3. The molecular formula is C23H23ClINO2. The normalized spacial score (nSPS) is 10.6. The third-order valence-corrected chi connectivity index (χ3v) is 5.50. The first-order valence-corrected chi connectivity index (χ1v) is 10.6. The van der Waals surface area contributed by atoms with E-state index in [2.05, 4.69) is 53.0 Å². The Hall–Kier alpha value is -1.92. The first kappa shape index (κ1) is 20.8. The minimum atomic E-state index is 0.399. The van der Waals surface area contributed by atoms with Gasteiger partial charge in [0.2, 0.25) is 0 Å². The molecule has 1 N–H and O–H groups in total. The number of rotatable bonds is 8. The Bertz CT molecular complexity index is 946. The topological polar surface area (TPSA) is 30.5 Å². The molecule has 3 nitrogen and oxygen atoms in total. The Morgan fingerprint density at radius 2 is 1.75 bits per heavy atom. The molecule has 3 aromatic rings. The number of anilines is 1. The Labute approximate surface area is 185 Å². The van der Waals surface area contributed by atoms with Gasteiger partial charge >= 0.3 is 0 Å². The molecule has 146 valence electrons. The van der Waals surface area contributed by atoms with Crippen molar-refractivity contribution >= 4 is 39.9 Å². The minimum Gasteiger partial charge on any atom is -0.490 e. The highest BCUT2D eigenvalue weighted by Gasteiger charge is 2.13. The van der Waals surface area contributed by atoms with Crippen LogP contribution in [0.2, 0.25) is 5.02 Å². The van der Waals surface area contributed by atoms with Crippen LogP contribution in [-0.4, -0.2) is 6.61 Å². The zero-order valence-corrected chi connectivity index (χ0v) is 18.9. The Balaban J connectivity index is 1.77. The van der Waals surface area contributed by atoms with Gasteiger partial charge in [0, 0.05) is 22.8 Å². The summed E-state index contributed by atoms with van der Waals surface area (Å²) in [4.78, 5) is 0. The van der Waals surface area contributed by atoms with Crippen molar-refractivity contribution in [2.45, 2.75) is 27.0 Å². The third-order valence-electron chi connectivity index (χ3n) is 4.33. The summed E-state index contributed by atoms with van der Waals surface area (Å²) in [5, 5.41) is 4.20. The van der Waals surface area contributed by atoms with Crippen molar-refractivity contribution in [1.82, 2.24) is 0 Å². The van der Waals surface area contributed by atoms with Crippen molar-refractivity contribution in [3.63, 3.8) is 0 Å². The van der Waals surface area contributed by atoms with Crippen molar-refractivity contribution in [3.05, 3.63) is 85.9 Å². The first-order chi connectivity index (χ1) is 13.6. The van der Waals surface area contributed by atoms with Gasteiger partial charge < -0.3 is 14.8 Å². The second-order valence-corrected chi connectivity index (χ2v) is 7.96. The zero-order chi connectivity index (χ0) is 19.9. The van der Waals surface area contributed by atoms with E-state index in [1.165, 1.54) is 5.56 Å². The summed E-state index contributed by atoms with van der Waals surface area (Å²) < 4.78 is 13.0. The predicted octanol–water partition coefficient (Wildman–Crippen LogP) is 6.84. The number of halogens is 2. The fourth-order valence-corrected chi connectivity index (χ4v) is 3.87. The number of aryl methyl sites for hydroxylation is 1. The lowest BCUT2D eigenvalue weighted by molar-refractivity contribution is 0.267. The molecule has 0 aliphatic rings. The fraction of sp³-hybridized carbons (Fsp3) is 0.217. The number of para-hydroxylation sites is 1. The van der Waals surface area contributed by atoms with E-state index in [4.69, 9.17) is 21.1 Å². The largest absolute Gasteiger partial charge is 0.490 e. The van der Waals surface area contributed by atoms with Gasteiger partial charge in [-0.25, -0.2) is 0 Å². The molecule has 0 fully saturated rings. The molecule has 0 amide bonds. The molecule has 0 aromatic heterocycles. The summed E-state index contributed by atoms with van der Waals surface area (Å²) in [5.41, 5.74) is 4.45. The van der Waals surface area contributed by atoms with Gasteiger partial charge in [0.05, 0.1) is 10.2 Å². The third kappa shape index (κ3) is 5.32. The van der Waals surface area contributed by atoms with Gasteiger partial charge in [-0.15, -0.1) is 0 Å². The van der Waals surface area contributed by atoms with E-state index in [0.29, 0.717) is 24.8 Å². The maximum Gasteiger partial charge on any atom is 0.174 e. The summed E-state index contributed by atoms with van der Waals surface area (Å²) in [6, 6.07) is 20.1. The second kappa shape index (κ2) is 10.0. The molecule has 0 radical (unpaired) electrons. The molecule has 0 aliphatic carbocycles. The maximum atomic E-state index is 6.25. The summed E-state index contributed by atoms with van der Waals surface area (Å²) in [7, 11) is 0. The molecule has 0 heterocycles. The Morgan fingerprint density at radius 3 is 2.50 bits per heavy atom. The molecule has 0 spiro atoms. The molecule has 0 saturated carbocycles. The van der Waals surface area contributed by atoms with Crippen LogP contribution in [0.5, 0.6) is 11.5 Å². The van der Waals surface area contributed by atoms with E-state index >= 15 is 0 Å². The lowest BCUT2D eigenvalue weighted by Crippen LogP contribution is -2.05. The van der Waals surface area contributed by atoms with Crippen molar-refractivity contribution in [1.29, 1.82) is 0 Å². The van der Waals surface area contributed by atoms with Crippen LogP contribution in [0.1, 0.15) is 23.6 Å². The average molecular weight is 508 g/mol. The SMILES string of the molecule is CCOc1cc(CNc2ccccc2C)cc(I)c1OCc1ccccc1Cl. The summed E-state index contributed by atoms with van der Waals surface area (Å²) in [6.45, 7) is 5.77. The van der Waals surface area contributed by atoms with Gasteiger partial charge in [0.25, 0.3) is 0 Å². The predicted molar refractivity (Wildman–Crippen MR) is 125 cm³/mol. The molecular weight excluding hydrogens is 485 g/mol. The minimum absolute atomic E-state index is 0.399. The van der Waals surface area contributed by atoms with E-state index in [9.17, 15) is 0 Å². The highest BCUT2D eigenvalue weighted by atomic mass is 127. The van der Waals surface area contributed by atoms with Crippen LogP contribution in [0.3, 0.4) is 0 Å². The van der Waals surface area contributed by atoms with E-state index in [1.807, 2.05) is 49.4 Å². The number of ether oxygens (including phenoxy) is 2. The van der Waals surface area contributed by atoms with E-state index in [1.54, 1.807) is 0 Å². The molecule has 0 unspecified atom stereocenters. The van der Waals surface area contributed by atoms with E-state index in [-0.39, 0.29) is 0 Å². The molecule has 0 atom stereocenters. The highest BCUT2D eigenvalue weighted by molar-refractivity contribution is 14.1. The monoisotopic (exact) mass is 507 g/mol. The van der Waals surface area contributed by atoms with Crippen LogP contribution in [0.4, 0.5) is 5.69 Å². The van der Waals surface area contributed by atoms with Crippen LogP contribution in [-0.2, 0) is 13.2 Å². The molecule has 0 bridgehead atoms. The number of nitrogens with one attached hydrogen (secondary N) is 1. The molecule has 5 heteroatoms. The highest BCUT2D eigenvalue weighted by Crippen LogP contribution is 2.35. The van der Waals surface area contributed by atoms with Crippen molar-refractivity contribution < 1.29 is 9.47 Å². The van der Waals surface area contributed by atoms with Crippen molar-refractivity contribution in [2.75, 3.05) is 11.9 Å². The van der Waals surface area contributed by atoms with Crippen molar-refractivity contribution in [2.24, 2.45) is 0 Å². The molecule has 0 aliphatic heterocycles. The fourth-order valence-electron chi connectivity index (χ4n) is 2.86. The van der Waals surface area contributed by atoms with Crippen LogP contribution >= 0.6 is 34.2 Å². The van der Waals surface area contributed by atoms with Gasteiger partial charge in [-0.3, -0.25) is 0 Å². The maximum absolute atomic E-state index is 6.25. The lowest BCUT2D eigenvalue weighted by atomic mass is 10.1. The van der Waals surface area contributed by atoms with Crippen LogP contribution in [0.25, 0.3) is 0 Å². The van der Waals surface area contributed by atoms with Gasteiger partial charge in [-0.05, 0) is 71.8 Å². The standard InChI is InChI=1S/C23H23ClINO2/c1-3-27-22-13-17(14-26-21-11-7-4-8-16(21)2)12-20(25)23(22)28-15-18-9-5-6-10-19(18)24/h4-13,26H,3,14-15H2,1-2H3. The quantitative estimate of drug-likeness (QED) is 0.339. The Morgan fingerprint density at radius 1 is 1.00 bits per heavy atom. The van der Waals surface area contributed by atoms with E-state index in [0.717, 1.165) is 31.9 Å². The molecule has 3 rings (SSSR count). The number of benzene rings is 3.